The SMILES string of the molecule is CCCCCCCCCCCCCCCC(=O)OCC[n+]1ccn(CCO)c1CCCCCCCCCCCCCCC.[Cl-]. The molecule has 5 nitrogen and oxygen atoms in total. The second-order valence-corrected chi connectivity index (χ2v) is 13.0. The Labute approximate surface area is 279 Å². The van der Waals surface area contributed by atoms with Gasteiger partial charge < -0.3 is 22.3 Å². The van der Waals surface area contributed by atoms with Crippen molar-refractivity contribution in [1.29, 1.82) is 0 Å². The molecule has 0 fully saturated rings. The number of hydrogen-bond acceptors (Lipinski definition) is 3. The van der Waals surface area contributed by atoms with Gasteiger partial charge in [-0.25, -0.2) is 9.13 Å². The number of esters is 1. The van der Waals surface area contributed by atoms with Crippen molar-refractivity contribution in [3.63, 3.8) is 0 Å². The number of unbranched alkanes of at least 4 members (excludes halogenated alkanes) is 24. The molecular formula is C38H73ClN2O3. The maximum Gasteiger partial charge on any atom is 0.305 e. The monoisotopic (exact) mass is 641 g/mol. The van der Waals surface area contributed by atoms with E-state index in [0.717, 1.165) is 19.3 Å². The first-order valence-electron chi connectivity index (χ1n) is 19.1. The van der Waals surface area contributed by atoms with E-state index >= 15 is 0 Å². The highest BCUT2D eigenvalue weighted by Crippen LogP contribution is 2.15. The molecule has 0 aliphatic heterocycles. The highest BCUT2D eigenvalue weighted by Gasteiger charge is 2.17. The van der Waals surface area contributed by atoms with Crippen LogP contribution in [0, 0.1) is 0 Å². The maximum absolute atomic E-state index is 12.3. The van der Waals surface area contributed by atoms with Crippen LogP contribution in [0.5, 0.6) is 0 Å². The fourth-order valence-corrected chi connectivity index (χ4v) is 6.22. The molecule has 1 aromatic rings. The molecule has 0 aliphatic rings. The van der Waals surface area contributed by atoms with Gasteiger partial charge >= 0.3 is 5.97 Å². The molecule has 6 heteroatoms. The van der Waals surface area contributed by atoms with E-state index in [2.05, 4.69) is 35.4 Å². The number of halogens is 1. The van der Waals surface area contributed by atoms with Crippen LogP contribution >= 0.6 is 0 Å². The van der Waals surface area contributed by atoms with E-state index in [1.165, 1.54) is 160 Å². The number of aromatic nitrogens is 2. The summed E-state index contributed by atoms with van der Waals surface area (Å²) in [5.74, 6) is 1.18. The van der Waals surface area contributed by atoms with Gasteiger partial charge in [0.05, 0.1) is 6.61 Å². The number of rotatable bonds is 33. The van der Waals surface area contributed by atoms with Gasteiger partial charge in [0.2, 0.25) is 0 Å². The van der Waals surface area contributed by atoms with Gasteiger partial charge in [-0.1, -0.05) is 168 Å². The van der Waals surface area contributed by atoms with Crippen LogP contribution in [-0.4, -0.2) is 28.9 Å². The highest BCUT2D eigenvalue weighted by molar-refractivity contribution is 5.69. The first-order valence-corrected chi connectivity index (χ1v) is 19.1. The Morgan fingerprint density at radius 1 is 0.659 bits per heavy atom. The predicted molar refractivity (Wildman–Crippen MR) is 182 cm³/mol. The third-order valence-electron chi connectivity index (χ3n) is 9.01. The number of aliphatic hydroxyl groups excluding tert-OH is 1. The van der Waals surface area contributed by atoms with Crippen LogP contribution in [0.4, 0.5) is 0 Å². The van der Waals surface area contributed by atoms with Crippen LogP contribution in [0.15, 0.2) is 12.4 Å². The fourth-order valence-electron chi connectivity index (χ4n) is 6.22. The molecular weight excluding hydrogens is 568 g/mol. The third-order valence-corrected chi connectivity index (χ3v) is 9.01. The van der Waals surface area contributed by atoms with E-state index in [9.17, 15) is 9.90 Å². The first kappa shape index (κ1) is 42.9. The molecule has 1 aromatic heterocycles. The van der Waals surface area contributed by atoms with Crippen molar-refractivity contribution in [2.75, 3.05) is 13.2 Å². The maximum atomic E-state index is 12.3. The molecule has 0 bridgehead atoms. The zero-order chi connectivity index (χ0) is 31.1. The summed E-state index contributed by atoms with van der Waals surface area (Å²) in [6.07, 6.45) is 40.5. The molecule has 0 radical (unpaired) electrons. The number of nitrogens with zero attached hydrogens (tertiary/aromatic N) is 2. The lowest BCUT2D eigenvalue weighted by Crippen LogP contribution is -3.00. The van der Waals surface area contributed by atoms with Gasteiger partial charge in [0.15, 0.2) is 0 Å². The lowest BCUT2D eigenvalue weighted by Gasteiger charge is -2.07. The van der Waals surface area contributed by atoms with Crippen molar-refractivity contribution < 1.29 is 31.6 Å². The van der Waals surface area contributed by atoms with Crippen LogP contribution in [0.25, 0.3) is 0 Å². The average molecular weight is 641 g/mol. The number of aliphatic hydroxyl groups is 1. The summed E-state index contributed by atoms with van der Waals surface area (Å²) in [5.41, 5.74) is 0. The summed E-state index contributed by atoms with van der Waals surface area (Å²) >= 11 is 0. The molecule has 1 rings (SSSR count). The summed E-state index contributed by atoms with van der Waals surface area (Å²) in [6, 6.07) is 0. The molecule has 0 aromatic carbocycles. The second kappa shape index (κ2) is 33.3. The molecule has 1 N–H and O–H groups in total. The smallest absolute Gasteiger partial charge is 0.305 e. The van der Waals surface area contributed by atoms with Gasteiger partial charge in [0.25, 0.3) is 5.82 Å². The van der Waals surface area contributed by atoms with Gasteiger partial charge in [-0.3, -0.25) is 4.79 Å². The molecule has 0 spiro atoms. The van der Waals surface area contributed by atoms with Crippen molar-refractivity contribution in [2.45, 2.75) is 207 Å². The molecule has 0 saturated heterocycles. The topological polar surface area (TPSA) is 55.3 Å². The van der Waals surface area contributed by atoms with Gasteiger partial charge in [0, 0.05) is 12.8 Å². The Kier molecular flexibility index (Phi) is 32.5. The van der Waals surface area contributed by atoms with Crippen molar-refractivity contribution >= 4 is 5.97 Å². The van der Waals surface area contributed by atoms with Crippen molar-refractivity contribution in [2.24, 2.45) is 0 Å². The van der Waals surface area contributed by atoms with Crippen LogP contribution in [0.1, 0.15) is 193 Å². The molecule has 0 atom stereocenters. The minimum atomic E-state index is -0.0588. The molecule has 0 saturated carbocycles. The number of hydrogen-bond donors (Lipinski definition) is 1. The summed E-state index contributed by atoms with van der Waals surface area (Å²) in [6.45, 7) is 6.45. The van der Waals surface area contributed by atoms with Crippen LogP contribution < -0.4 is 17.0 Å². The molecule has 0 aliphatic carbocycles. The molecule has 1 heterocycles. The van der Waals surface area contributed by atoms with E-state index in [0.29, 0.717) is 26.1 Å². The number of carbonyl (C=O) groups excluding carboxylic acids is 1. The lowest BCUT2D eigenvalue weighted by atomic mass is 10.0. The van der Waals surface area contributed by atoms with E-state index in [-0.39, 0.29) is 25.0 Å². The molecule has 260 valence electrons. The van der Waals surface area contributed by atoms with E-state index in [1.807, 2.05) is 0 Å². The van der Waals surface area contributed by atoms with E-state index < -0.39 is 0 Å². The van der Waals surface area contributed by atoms with Crippen LogP contribution in [0.3, 0.4) is 0 Å². The number of imidazole rings is 1. The Morgan fingerprint density at radius 3 is 1.50 bits per heavy atom. The number of carbonyl (C=O) groups is 1. The molecule has 0 amide bonds. The molecule has 44 heavy (non-hydrogen) atoms. The van der Waals surface area contributed by atoms with Gasteiger partial charge in [-0.15, -0.1) is 0 Å². The zero-order valence-electron chi connectivity index (χ0n) is 29.3. The number of ether oxygens (including phenoxy) is 1. The van der Waals surface area contributed by atoms with Crippen LogP contribution in [0.2, 0.25) is 0 Å². The van der Waals surface area contributed by atoms with E-state index in [1.54, 1.807) is 0 Å². The fraction of sp³-hybridized carbons (Fsp3) is 0.895. The van der Waals surface area contributed by atoms with E-state index in [4.69, 9.17) is 4.74 Å². The Hall–Kier alpha value is -1.07. The predicted octanol–water partition coefficient (Wildman–Crippen LogP) is 7.43. The van der Waals surface area contributed by atoms with Gasteiger partial charge in [0.1, 0.15) is 32.1 Å². The Morgan fingerprint density at radius 2 is 1.07 bits per heavy atom. The van der Waals surface area contributed by atoms with Gasteiger partial charge in [-0.05, 0) is 12.8 Å². The average Bonchev–Trinajstić information content (AvgIpc) is 3.38. The van der Waals surface area contributed by atoms with Crippen molar-refractivity contribution in [1.82, 2.24) is 4.57 Å². The first-order chi connectivity index (χ1) is 21.2. The second-order valence-electron chi connectivity index (χ2n) is 13.0. The summed E-state index contributed by atoms with van der Waals surface area (Å²) in [4.78, 5) is 12.3. The highest BCUT2D eigenvalue weighted by atomic mass is 35.5. The van der Waals surface area contributed by atoms with Crippen molar-refractivity contribution in [3.8, 4) is 0 Å². The zero-order valence-corrected chi connectivity index (χ0v) is 30.1. The van der Waals surface area contributed by atoms with Gasteiger partial charge in [-0.2, -0.15) is 0 Å². The Bertz CT molecular complexity index is 740. The standard InChI is InChI=1S/C38H73N2O3.ClH/c1-3-5-7-9-11-13-15-17-19-21-23-25-27-29-37-39(33-35-41)31-32-40(37)34-36-43-38(42)30-28-26-24-22-20-18-16-14-12-10-8-6-4-2;/h31-32,41H,3-30,33-36H2,1-2H3;1H/q+1;/p-1. The van der Waals surface area contributed by atoms with Crippen LogP contribution in [-0.2, 0) is 29.0 Å². The quantitative estimate of drug-likeness (QED) is 0.0494. The summed E-state index contributed by atoms with van der Waals surface area (Å²) < 4.78 is 9.96. The summed E-state index contributed by atoms with van der Waals surface area (Å²) in [5, 5.41) is 9.50. The molecule has 0 unspecified atom stereocenters. The minimum Gasteiger partial charge on any atom is -1.00 e. The normalized spacial score (nSPS) is 11.2. The van der Waals surface area contributed by atoms with Crippen molar-refractivity contribution in [3.05, 3.63) is 18.2 Å². The minimum absolute atomic E-state index is 0. The summed E-state index contributed by atoms with van der Waals surface area (Å²) in [7, 11) is 0. The Balaban J connectivity index is 0.0000185. The largest absolute Gasteiger partial charge is 1.00 e. The lowest BCUT2D eigenvalue weighted by molar-refractivity contribution is -0.704. The third kappa shape index (κ3) is 25.2.